The van der Waals surface area contributed by atoms with E-state index in [0.717, 1.165) is 12.8 Å². The van der Waals surface area contributed by atoms with Gasteiger partial charge in [0.2, 0.25) is 0 Å². The molecule has 0 radical (unpaired) electrons. The molecule has 2 saturated carbocycles. The summed E-state index contributed by atoms with van der Waals surface area (Å²) in [5.41, 5.74) is 0.511. The van der Waals surface area contributed by atoms with E-state index in [-0.39, 0.29) is 6.10 Å². The van der Waals surface area contributed by atoms with Crippen LogP contribution in [0.15, 0.2) is 0 Å². The molecular formula is C9H14O2. The molecule has 2 heteroatoms. The lowest BCUT2D eigenvalue weighted by Crippen LogP contribution is -2.43. The Hall–Kier alpha value is -0.0800. The van der Waals surface area contributed by atoms with Gasteiger partial charge in [0.05, 0.1) is 18.3 Å². The summed E-state index contributed by atoms with van der Waals surface area (Å²) in [5.74, 6) is 0. The second kappa shape index (κ2) is 1.80. The van der Waals surface area contributed by atoms with E-state index in [1.807, 2.05) is 0 Å². The van der Waals surface area contributed by atoms with E-state index in [4.69, 9.17) is 4.74 Å². The second-order valence-corrected chi connectivity index (χ2v) is 4.52. The summed E-state index contributed by atoms with van der Waals surface area (Å²) in [6.45, 7) is 0. The summed E-state index contributed by atoms with van der Waals surface area (Å²) in [6.07, 6.45) is 7.05. The number of aliphatic hydroxyl groups is 1. The Morgan fingerprint density at radius 3 is 2.64 bits per heavy atom. The summed E-state index contributed by atoms with van der Waals surface area (Å²) >= 11 is 0. The zero-order chi connectivity index (χ0) is 7.47. The maximum atomic E-state index is 9.22. The van der Waals surface area contributed by atoms with Gasteiger partial charge in [0.25, 0.3) is 0 Å². The molecule has 0 amide bonds. The van der Waals surface area contributed by atoms with E-state index >= 15 is 0 Å². The highest BCUT2D eigenvalue weighted by molar-refractivity contribution is 5.04. The van der Waals surface area contributed by atoms with Crippen LogP contribution in [-0.2, 0) is 4.74 Å². The van der Waals surface area contributed by atoms with Crippen LogP contribution < -0.4 is 0 Å². The number of epoxide rings is 1. The standard InChI is InChI=1S/C9H14O2/c10-6-3-9(4-6)2-1-7-8(5-9)11-7/h6-8,10H,1-5H2. The molecule has 1 saturated heterocycles. The molecule has 1 aliphatic heterocycles. The molecule has 0 aromatic carbocycles. The highest BCUT2D eigenvalue weighted by Gasteiger charge is 2.54. The Balaban J connectivity index is 1.70. The van der Waals surface area contributed by atoms with Gasteiger partial charge in [-0.2, -0.15) is 0 Å². The second-order valence-electron chi connectivity index (χ2n) is 4.52. The lowest BCUT2D eigenvalue weighted by Gasteiger charge is -2.47. The summed E-state index contributed by atoms with van der Waals surface area (Å²) in [7, 11) is 0. The maximum Gasteiger partial charge on any atom is 0.0847 e. The lowest BCUT2D eigenvalue weighted by molar-refractivity contribution is -0.0500. The molecule has 11 heavy (non-hydrogen) atoms. The maximum absolute atomic E-state index is 9.22. The van der Waals surface area contributed by atoms with Gasteiger partial charge in [0, 0.05) is 0 Å². The van der Waals surface area contributed by atoms with Gasteiger partial charge < -0.3 is 9.84 Å². The molecule has 1 heterocycles. The highest BCUT2D eigenvalue weighted by Crippen LogP contribution is 2.56. The predicted octanol–water partition coefficient (Wildman–Crippen LogP) is 1.08. The van der Waals surface area contributed by atoms with Crippen LogP contribution in [0.5, 0.6) is 0 Å². The van der Waals surface area contributed by atoms with Crippen molar-refractivity contribution in [2.24, 2.45) is 5.41 Å². The fraction of sp³-hybridized carbons (Fsp3) is 1.00. The summed E-state index contributed by atoms with van der Waals surface area (Å²) in [6, 6.07) is 0. The molecule has 3 fully saturated rings. The van der Waals surface area contributed by atoms with Crippen molar-refractivity contribution in [3.8, 4) is 0 Å². The number of rotatable bonds is 0. The van der Waals surface area contributed by atoms with E-state index in [2.05, 4.69) is 0 Å². The zero-order valence-corrected chi connectivity index (χ0v) is 6.62. The topological polar surface area (TPSA) is 32.8 Å². The average Bonchev–Trinajstić information content (AvgIpc) is 2.62. The van der Waals surface area contributed by atoms with Crippen molar-refractivity contribution in [1.29, 1.82) is 0 Å². The van der Waals surface area contributed by atoms with Crippen molar-refractivity contribution in [1.82, 2.24) is 0 Å². The SMILES string of the molecule is OC1CC2(CCC3OC3C2)C1. The van der Waals surface area contributed by atoms with Gasteiger partial charge in [0.1, 0.15) is 0 Å². The average molecular weight is 154 g/mol. The minimum absolute atomic E-state index is 0.00491. The number of hydrogen-bond donors (Lipinski definition) is 1. The Labute approximate surface area is 66.5 Å². The highest BCUT2D eigenvalue weighted by atomic mass is 16.6. The molecular weight excluding hydrogens is 140 g/mol. The van der Waals surface area contributed by atoms with Crippen molar-refractivity contribution in [3.05, 3.63) is 0 Å². The third-order valence-corrected chi connectivity index (χ3v) is 3.62. The van der Waals surface area contributed by atoms with Crippen molar-refractivity contribution in [2.45, 2.75) is 50.4 Å². The van der Waals surface area contributed by atoms with Gasteiger partial charge in [-0.3, -0.25) is 0 Å². The van der Waals surface area contributed by atoms with E-state index in [9.17, 15) is 5.11 Å². The van der Waals surface area contributed by atoms with Crippen LogP contribution in [0, 0.1) is 5.41 Å². The van der Waals surface area contributed by atoms with Gasteiger partial charge >= 0.3 is 0 Å². The van der Waals surface area contributed by atoms with E-state index in [1.54, 1.807) is 0 Å². The first-order valence-electron chi connectivity index (χ1n) is 4.61. The number of ether oxygens (including phenoxy) is 1. The van der Waals surface area contributed by atoms with Crippen molar-refractivity contribution < 1.29 is 9.84 Å². The quantitative estimate of drug-likeness (QED) is 0.529. The van der Waals surface area contributed by atoms with Crippen LogP contribution >= 0.6 is 0 Å². The first-order valence-corrected chi connectivity index (χ1v) is 4.61. The molecule has 2 nitrogen and oxygen atoms in total. The van der Waals surface area contributed by atoms with Gasteiger partial charge in [-0.1, -0.05) is 0 Å². The van der Waals surface area contributed by atoms with E-state index in [0.29, 0.717) is 17.6 Å². The normalized spacial score (nSPS) is 60.3. The summed E-state index contributed by atoms with van der Waals surface area (Å²) in [5, 5.41) is 9.22. The third kappa shape index (κ3) is 0.859. The van der Waals surface area contributed by atoms with Crippen molar-refractivity contribution in [3.63, 3.8) is 0 Å². The number of aliphatic hydroxyl groups excluding tert-OH is 1. The van der Waals surface area contributed by atoms with Crippen LogP contribution in [0.4, 0.5) is 0 Å². The predicted molar refractivity (Wildman–Crippen MR) is 40.2 cm³/mol. The van der Waals surface area contributed by atoms with Gasteiger partial charge in [-0.25, -0.2) is 0 Å². The number of hydrogen-bond acceptors (Lipinski definition) is 2. The molecule has 3 aliphatic rings. The van der Waals surface area contributed by atoms with Crippen LogP contribution in [-0.4, -0.2) is 23.4 Å². The van der Waals surface area contributed by atoms with Crippen LogP contribution in [0.2, 0.25) is 0 Å². The summed E-state index contributed by atoms with van der Waals surface area (Å²) < 4.78 is 5.46. The number of fused-ring (bicyclic) bond motifs is 1. The monoisotopic (exact) mass is 154 g/mol. The molecule has 1 N–H and O–H groups in total. The molecule has 62 valence electrons. The lowest BCUT2D eigenvalue weighted by atomic mass is 9.59. The first-order chi connectivity index (χ1) is 5.27. The largest absolute Gasteiger partial charge is 0.393 e. The molecule has 0 aromatic rings. The summed E-state index contributed by atoms with van der Waals surface area (Å²) in [4.78, 5) is 0. The first kappa shape index (κ1) is 6.44. The van der Waals surface area contributed by atoms with Crippen LogP contribution in [0.25, 0.3) is 0 Å². The van der Waals surface area contributed by atoms with Gasteiger partial charge in [-0.15, -0.1) is 0 Å². The molecule has 3 rings (SSSR count). The molecule has 2 atom stereocenters. The van der Waals surface area contributed by atoms with Crippen LogP contribution in [0.3, 0.4) is 0 Å². The fourth-order valence-electron chi connectivity index (χ4n) is 2.90. The Morgan fingerprint density at radius 2 is 2.00 bits per heavy atom. The minimum atomic E-state index is 0.00491. The minimum Gasteiger partial charge on any atom is -0.393 e. The van der Waals surface area contributed by atoms with E-state index in [1.165, 1.54) is 19.3 Å². The van der Waals surface area contributed by atoms with Gasteiger partial charge in [0.15, 0.2) is 0 Å². The van der Waals surface area contributed by atoms with Gasteiger partial charge in [-0.05, 0) is 37.5 Å². The smallest absolute Gasteiger partial charge is 0.0847 e. The third-order valence-electron chi connectivity index (χ3n) is 3.62. The molecule has 0 aromatic heterocycles. The molecule has 0 bridgehead atoms. The molecule has 2 unspecified atom stereocenters. The molecule has 1 spiro atoms. The van der Waals surface area contributed by atoms with Crippen molar-refractivity contribution >= 4 is 0 Å². The Morgan fingerprint density at radius 1 is 1.18 bits per heavy atom. The van der Waals surface area contributed by atoms with Crippen molar-refractivity contribution in [2.75, 3.05) is 0 Å². The fourth-order valence-corrected chi connectivity index (χ4v) is 2.90. The Kier molecular flexibility index (Phi) is 1.06. The van der Waals surface area contributed by atoms with Crippen LogP contribution in [0.1, 0.15) is 32.1 Å². The molecule has 2 aliphatic carbocycles. The zero-order valence-electron chi connectivity index (χ0n) is 6.62. The Bertz CT molecular complexity index is 184. The van der Waals surface area contributed by atoms with E-state index < -0.39 is 0 Å².